The van der Waals surface area contributed by atoms with Crippen molar-refractivity contribution in [2.75, 3.05) is 6.54 Å². The summed E-state index contributed by atoms with van der Waals surface area (Å²) in [4.78, 5) is 12.3. The molecule has 1 heterocycles. The van der Waals surface area contributed by atoms with Crippen LogP contribution in [0.15, 0.2) is 41.3 Å². The van der Waals surface area contributed by atoms with Crippen LogP contribution in [-0.4, -0.2) is 37.3 Å². The third-order valence-corrected chi connectivity index (χ3v) is 6.00. The number of rotatable bonds is 4. The van der Waals surface area contributed by atoms with Crippen LogP contribution in [0, 0.1) is 11.7 Å². The average Bonchev–Trinajstić information content (AvgIpc) is 2.68. The number of benzene rings is 1. The third-order valence-electron chi connectivity index (χ3n) is 4.05. The van der Waals surface area contributed by atoms with E-state index >= 15 is 0 Å². The van der Waals surface area contributed by atoms with Crippen molar-refractivity contribution in [3.63, 3.8) is 0 Å². The van der Waals surface area contributed by atoms with Gasteiger partial charge >= 0.3 is 0 Å². The molecule has 0 radical (unpaired) electrons. The lowest BCUT2D eigenvalue weighted by Crippen LogP contribution is -2.48. The van der Waals surface area contributed by atoms with Crippen molar-refractivity contribution in [2.45, 2.75) is 44.2 Å². The minimum atomic E-state index is -3.89. The number of halogens is 1. The Hall–Kier alpha value is -1.73. The molecule has 1 aromatic carbocycles. The van der Waals surface area contributed by atoms with Gasteiger partial charge in [-0.2, -0.15) is 4.31 Å². The Balaban J connectivity index is 2.34. The highest BCUT2D eigenvalue weighted by Crippen LogP contribution is 2.26. The van der Waals surface area contributed by atoms with Gasteiger partial charge in [-0.3, -0.25) is 4.79 Å². The monoisotopic (exact) mass is 354 g/mol. The molecular weight excluding hydrogens is 331 g/mol. The third kappa shape index (κ3) is 4.02. The van der Waals surface area contributed by atoms with Gasteiger partial charge in [-0.15, -0.1) is 0 Å². The van der Waals surface area contributed by atoms with Gasteiger partial charge in [0.25, 0.3) is 0 Å². The van der Waals surface area contributed by atoms with Crippen molar-refractivity contribution in [3.8, 4) is 0 Å². The molecular formula is C17H23FN2O3S. The Labute approximate surface area is 142 Å². The Morgan fingerprint density at radius 1 is 1.33 bits per heavy atom. The highest BCUT2D eigenvalue weighted by atomic mass is 32.2. The van der Waals surface area contributed by atoms with Crippen LogP contribution in [0.5, 0.6) is 0 Å². The van der Waals surface area contributed by atoms with Gasteiger partial charge in [-0.05, 0) is 45.4 Å². The molecule has 0 saturated heterocycles. The smallest absolute Gasteiger partial charge is 0.243 e. The van der Waals surface area contributed by atoms with E-state index in [-0.39, 0.29) is 23.4 Å². The van der Waals surface area contributed by atoms with Gasteiger partial charge in [0.2, 0.25) is 15.9 Å². The molecule has 0 aromatic heterocycles. The molecule has 0 aliphatic carbocycles. The van der Waals surface area contributed by atoms with Gasteiger partial charge in [0, 0.05) is 18.6 Å². The number of amides is 1. The highest BCUT2D eigenvalue weighted by Gasteiger charge is 2.37. The molecule has 0 fully saturated rings. The molecule has 1 aliphatic rings. The van der Waals surface area contributed by atoms with E-state index in [1.54, 1.807) is 13.0 Å². The molecule has 5 nitrogen and oxygen atoms in total. The molecule has 2 atom stereocenters. The predicted molar refractivity (Wildman–Crippen MR) is 90.3 cm³/mol. The second kappa shape index (κ2) is 7.44. The first kappa shape index (κ1) is 18.6. The normalized spacial score (nSPS) is 22.4. The number of allylic oxidation sites excluding steroid dienone is 1. The zero-order valence-electron chi connectivity index (χ0n) is 14.1. The summed E-state index contributed by atoms with van der Waals surface area (Å²) < 4.78 is 40.5. The lowest BCUT2D eigenvalue weighted by Gasteiger charge is -2.31. The number of hydrogen-bond donors (Lipinski definition) is 1. The van der Waals surface area contributed by atoms with E-state index in [1.165, 1.54) is 22.5 Å². The second-order valence-corrected chi connectivity index (χ2v) is 8.14. The van der Waals surface area contributed by atoms with Gasteiger partial charge in [0.05, 0.1) is 10.8 Å². The van der Waals surface area contributed by atoms with Gasteiger partial charge in [0.15, 0.2) is 0 Å². The Kier molecular flexibility index (Phi) is 5.77. The maximum absolute atomic E-state index is 13.4. The van der Waals surface area contributed by atoms with Crippen molar-refractivity contribution >= 4 is 15.9 Å². The predicted octanol–water partition coefficient (Wildman–Crippen LogP) is 2.31. The quantitative estimate of drug-likeness (QED) is 0.844. The van der Waals surface area contributed by atoms with Crippen LogP contribution < -0.4 is 5.32 Å². The molecule has 1 N–H and O–H groups in total. The maximum atomic E-state index is 13.4. The van der Waals surface area contributed by atoms with Gasteiger partial charge in [-0.25, -0.2) is 12.8 Å². The summed E-state index contributed by atoms with van der Waals surface area (Å²) >= 11 is 0. The summed E-state index contributed by atoms with van der Waals surface area (Å²) in [6, 6.07) is 4.37. The largest absolute Gasteiger partial charge is 0.354 e. The van der Waals surface area contributed by atoms with E-state index in [9.17, 15) is 17.6 Å². The minimum absolute atomic E-state index is 0.0230. The van der Waals surface area contributed by atoms with Crippen LogP contribution in [-0.2, 0) is 14.8 Å². The number of nitrogens with zero attached hydrogens (tertiary/aromatic N) is 1. The van der Waals surface area contributed by atoms with Crippen LogP contribution in [0.25, 0.3) is 0 Å². The van der Waals surface area contributed by atoms with E-state index in [4.69, 9.17) is 0 Å². The number of sulfonamides is 1. The molecule has 1 aliphatic heterocycles. The SMILES string of the molecule is CC(C)NC(=O)[C@H]1CC=CCN(S(=O)(=O)c2cccc(F)c2)[C@@H]1C. The lowest BCUT2D eigenvalue weighted by atomic mass is 9.97. The molecule has 1 amide bonds. The average molecular weight is 354 g/mol. The topological polar surface area (TPSA) is 66.5 Å². The minimum Gasteiger partial charge on any atom is -0.354 e. The zero-order valence-corrected chi connectivity index (χ0v) is 14.9. The molecule has 2 rings (SSSR count). The number of nitrogens with one attached hydrogen (secondary N) is 1. The van der Waals surface area contributed by atoms with Crippen LogP contribution in [0.4, 0.5) is 4.39 Å². The number of hydrogen-bond acceptors (Lipinski definition) is 3. The fraction of sp³-hybridized carbons (Fsp3) is 0.471. The van der Waals surface area contributed by atoms with Crippen molar-refractivity contribution in [1.29, 1.82) is 0 Å². The lowest BCUT2D eigenvalue weighted by molar-refractivity contribution is -0.126. The standard InChI is InChI=1S/C17H23FN2O3S/c1-12(2)19-17(21)16-9-4-5-10-20(13(16)3)24(22,23)15-8-6-7-14(18)11-15/h4-8,11-13,16H,9-10H2,1-3H3,(H,19,21)/t13-,16+/m1/s1. The molecule has 0 bridgehead atoms. The van der Waals surface area contributed by atoms with Crippen LogP contribution in [0.3, 0.4) is 0 Å². The van der Waals surface area contributed by atoms with Crippen molar-refractivity contribution < 1.29 is 17.6 Å². The summed E-state index contributed by atoms with van der Waals surface area (Å²) in [5.74, 6) is -1.28. The molecule has 24 heavy (non-hydrogen) atoms. The summed E-state index contributed by atoms with van der Waals surface area (Å²) in [6.45, 7) is 5.59. The van der Waals surface area contributed by atoms with E-state index in [1.807, 2.05) is 19.9 Å². The summed E-state index contributed by atoms with van der Waals surface area (Å²) in [5.41, 5.74) is 0. The van der Waals surface area contributed by atoms with Crippen LogP contribution in [0.2, 0.25) is 0 Å². The fourth-order valence-electron chi connectivity index (χ4n) is 2.78. The van der Waals surface area contributed by atoms with Gasteiger partial charge < -0.3 is 5.32 Å². The fourth-order valence-corrected chi connectivity index (χ4v) is 4.43. The van der Waals surface area contributed by atoms with E-state index in [0.717, 1.165) is 6.07 Å². The van der Waals surface area contributed by atoms with Crippen LogP contribution in [0.1, 0.15) is 27.2 Å². The first-order chi connectivity index (χ1) is 11.2. The van der Waals surface area contributed by atoms with E-state index in [0.29, 0.717) is 6.42 Å². The van der Waals surface area contributed by atoms with E-state index in [2.05, 4.69) is 5.32 Å². The van der Waals surface area contributed by atoms with Crippen LogP contribution >= 0.6 is 0 Å². The Morgan fingerprint density at radius 2 is 2.04 bits per heavy atom. The second-order valence-electron chi connectivity index (χ2n) is 6.25. The van der Waals surface area contributed by atoms with Gasteiger partial charge in [0.1, 0.15) is 5.82 Å². The molecule has 132 valence electrons. The molecule has 0 unspecified atom stereocenters. The Bertz CT molecular complexity index is 731. The highest BCUT2D eigenvalue weighted by molar-refractivity contribution is 7.89. The molecule has 1 aromatic rings. The van der Waals surface area contributed by atoms with Crippen molar-refractivity contribution in [1.82, 2.24) is 9.62 Å². The van der Waals surface area contributed by atoms with Gasteiger partial charge in [-0.1, -0.05) is 18.2 Å². The summed E-state index contributed by atoms with van der Waals surface area (Å²) in [7, 11) is -3.89. The Morgan fingerprint density at radius 3 is 2.67 bits per heavy atom. The first-order valence-corrected chi connectivity index (χ1v) is 9.40. The molecule has 0 saturated carbocycles. The number of carbonyl (C=O) groups is 1. The van der Waals surface area contributed by atoms with Crippen molar-refractivity contribution in [3.05, 3.63) is 42.2 Å². The first-order valence-electron chi connectivity index (χ1n) is 7.96. The summed E-state index contributed by atoms with van der Waals surface area (Å²) in [5, 5.41) is 2.84. The summed E-state index contributed by atoms with van der Waals surface area (Å²) in [6.07, 6.45) is 4.02. The molecule has 0 spiro atoms. The van der Waals surface area contributed by atoms with Crippen molar-refractivity contribution in [2.24, 2.45) is 5.92 Å². The van der Waals surface area contributed by atoms with E-state index < -0.39 is 27.8 Å². The zero-order chi connectivity index (χ0) is 17.9. The molecule has 7 heteroatoms. The number of carbonyl (C=O) groups excluding carboxylic acids is 1. The maximum Gasteiger partial charge on any atom is 0.243 e.